The molecule has 2 aromatic rings. The summed E-state index contributed by atoms with van der Waals surface area (Å²) in [5, 5.41) is 0. The molecular formula is C18H24N2O2S. The minimum Gasteiger partial charge on any atom is -0.301 e. The van der Waals surface area contributed by atoms with Crippen molar-refractivity contribution in [1.29, 1.82) is 0 Å². The molecule has 1 unspecified atom stereocenters. The van der Waals surface area contributed by atoms with E-state index in [1.165, 1.54) is 5.56 Å². The Hall–Kier alpha value is -1.69. The Kier molecular flexibility index (Phi) is 5.57. The fourth-order valence-electron chi connectivity index (χ4n) is 2.38. The van der Waals surface area contributed by atoms with E-state index < -0.39 is 10.0 Å². The number of benzene rings is 2. The second-order valence-electron chi connectivity index (χ2n) is 6.06. The second-order valence-corrected chi connectivity index (χ2v) is 7.82. The van der Waals surface area contributed by atoms with Crippen LogP contribution in [0.25, 0.3) is 0 Å². The highest BCUT2D eigenvalue weighted by atomic mass is 32.2. The zero-order chi connectivity index (χ0) is 17.0. The molecule has 1 N–H and O–H groups in total. The van der Waals surface area contributed by atoms with E-state index in [0.29, 0.717) is 11.4 Å². The summed E-state index contributed by atoms with van der Waals surface area (Å²) in [6, 6.07) is 15.0. The number of nitrogens with one attached hydrogen (secondary N) is 1. The fraction of sp³-hybridized carbons (Fsp3) is 0.333. The maximum atomic E-state index is 12.4. The lowest BCUT2D eigenvalue weighted by atomic mass is 10.0. The maximum Gasteiger partial charge on any atom is 0.240 e. The lowest BCUT2D eigenvalue weighted by Gasteiger charge is -2.25. The van der Waals surface area contributed by atoms with Crippen LogP contribution < -0.4 is 4.72 Å². The molecule has 0 fully saturated rings. The highest BCUT2D eigenvalue weighted by molar-refractivity contribution is 7.89. The fourth-order valence-corrected chi connectivity index (χ4v) is 3.41. The smallest absolute Gasteiger partial charge is 0.240 e. The van der Waals surface area contributed by atoms with E-state index in [0.717, 1.165) is 11.1 Å². The molecule has 0 aliphatic carbocycles. The first kappa shape index (κ1) is 17.7. The molecule has 0 aliphatic heterocycles. The third kappa shape index (κ3) is 4.64. The SMILES string of the molecule is Cc1ccc(C(CNS(=O)(=O)c2ccc(C)cc2)N(C)C)cc1. The van der Waals surface area contributed by atoms with Gasteiger partial charge in [0.25, 0.3) is 0 Å². The number of hydrogen-bond donors (Lipinski definition) is 1. The molecular weight excluding hydrogens is 308 g/mol. The predicted molar refractivity (Wildman–Crippen MR) is 94.0 cm³/mol. The zero-order valence-electron chi connectivity index (χ0n) is 14.1. The lowest BCUT2D eigenvalue weighted by Crippen LogP contribution is -2.34. The van der Waals surface area contributed by atoms with Crippen LogP contribution in [0.4, 0.5) is 0 Å². The van der Waals surface area contributed by atoms with Gasteiger partial charge in [0.15, 0.2) is 0 Å². The molecule has 1 atom stereocenters. The summed E-state index contributed by atoms with van der Waals surface area (Å²) < 4.78 is 27.6. The highest BCUT2D eigenvalue weighted by Crippen LogP contribution is 2.19. The normalized spacial score (nSPS) is 13.3. The van der Waals surface area contributed by atoms with Crippen molar-refractivity contribution in [3.8, 4) is 0 Å². The molecule has 2 aromatic carbocycles. The van der Waals surface area contributed by atoms with Gasteiger partial charge in [-0.15, -0.1) is 0 Å². The van der Waals surface area contributed by atoms with Crippen molar-refractivity contribution in [2.24, 2.45) is 0 Å². The molecule has 0 amide bonds. The first-order valence-electron chi connectivity index (χ1n) is 7.59. The number of hydrogen-bond acceptors (Lipinski definition) is 3. The van der Waals surface area contributed by atoms with Gasteiger partial charge in [-0.25, -0.2) is 13.1 Å². The van der Waals surface area contributed by atoms with Crippen molar-refractivity contribution in [2.45, 2.75) is 24.8 Å². The van der Waals surface area contributed by atoms with Crippen LogP contribution in [0.15, 0.2) is 53.4 Å². The molecule has 0 aromatic heterocycles. The summed E-state index contributed by atoms with van der Waals surface area (Å²) >= 11 is 0. The topological polar surface area (TPSA) is 49.4 Å². The van der Waals surface area contributed by atoms with Crippen LogP contribution in [0.3, 0.4) is 0 Å². The van der Waals surface area contributed by atoms with E-state index in [1.807, 2.05) is 57.1 Å². The van der Waals surface area contributed by atoms with Gasteiger partial charge in [0.05, 0.1) is 4.90 Å². The largest absolute Gasteiger partial charge is 0.301 e. The van der Waals surface area contributed by atoms with Crippen LogP contribution in [-0.4, -0.2) is 34.0 Å². The molecule has 0 aliphatic rings. The minimum absolute atomic E-state index is 0.0178. The summed E-state index contributed by atoms with van der Waals surface area (Å²) in [5.74, 6) is 0. The molecule has 124 valence electrons. The second kappa shape index (κ2) is 7.25. The Balaban J connectivity index is 2.15. The van der Waals surface area contributed by atoms with Crippen LogP contribution in [0.1, 0.15) is 22.7 Å². The van der Waals surface area contributed by atoms with E-state index in [9.17, 15) is 8.42 Å². The van der Waals surface area contributed by atoms with Crippen molar-refractivity contribution >= 4 is 10.0 Å². The first-order valence-corrected chi connectivity index (χ1v) is 9.07. The quantitative estimate of drug-likeness (QED) is 0.885. The Morgan fingerprint density at radius 3 is 1.87 bits per heavy atom. The van der Waals surface area contributed by atoms with Crippen LogP contribution in [0.2, 0.25) is 0 Å². The molecule has 4 nitrogen and oxygen atoms in total. The van der Waals surface area contributed by atoms with Crippen LogP contribution in [-0.2, 0) is 10.0 Å². The van der Waals surface area contributed by atoms with Gasteiger partial charge in [-0.3, -0.25) is 0 Å². The van der Waals surface area contributed by atoms with Gasteiger partial charge in [-0.05, 0) is 45.6 Å². The molecule has 0 radical (unpaired) electrons. The van der Waals surface area contributed by atoms with Gasteiger partial charge in [0, 0.05) is 12.6 Å². The van der Waals surface area contributed by atoms with E-state index in [2.05, 4.69) is 4.72 Å². The Morgan fingerprint density at radius 1 is 0.913 bits per heavy atom. The predicted octanol–water partition coefficient (Wildman–Crippen LogP) is 2.88. The van der Waals surface area contributed by atoms with Crippen LogP contribution in [0.5, 0.6) is 0 Å². The third-order valence-corrected chi connectivity index (χ3v) is 5.32. The van der Waals surface area contributed by atoms with Crippen molar-refractivity contribution in [3.63, 3.8) is 0 Å². The summed E-state index contributed by atoms with van der Waals surface area (Å²) in [6.45, 7) is 4.30. The van der Waals surface area contributed by atoms with E-state index >= 15 is 0 Å². The van der Waals surface area contributed by atoms with Gasteiger partial charge in [-0.1, -0.05) is 47.5 Å². The number of rotatable bonds is 6. The van der Waals surface area contributed by atoms with Gasteiger partial charge >= 0.3 is 0 Å². The number of likely N-dealkylation sites (N-methyl/N-ethyl adjacent to an activating group) is 1. The summed E-state index contributed by atoms with van der Waals surface area (Å²) in [4.78, 5) is 2.31. The van der Waals surface area contributed by atoms with Crippen molar-refractivity contribution in [2.75, 3.05) is 20.6 Å². The van der Waals surface area contributed by atoms with Crippen LogP contribution in [0, 0.1) is 13.8 Å². The molecule has 0 saturated carbocycles. The summed E-state index contributed by atoms with van der Waals surface area (Å²) in [5.41, 5.74) is 3.31. The summed E-state index contributed by atoms with van der Waals surface area (Å²) in [6.07, 6.45) is 0. The third-order valence-electron chi connectivity index (χ3n) is 3.88. The Labute approximate surface area is 139 Å². The minimum atomic E-state index is -3.50. The van der Waals surface area contributed by atoms with E-state index in [-0.39, 0.29) is 6.04 Å². The number of nitrogens with zero attached hydrogens (tertiary/aromatic N) is 1. The lowest BCUT2D eigenvalue weighted by molar-refractivity contribution is 0.299. The molecule has 0 bridgehead atoms. The standard InChI is InChI=1S/C18H24N2O2S/c1-14-5-9-16(10-6-14)18(20(3)4)13-19-23(21,22)17-11-7-15(2)8-12-17/h5-12,18-19H,13H2,1-4H3. The summed E-state index contributed by atoms with van der Waals surface area (Å²) in [7, 11) is 0.400. The molecule has 2 rings (SSSR count). The monoisotopic (exact) mass is 332 g/mol. The first-order chi connectivity index (χ1) is 10.8. The number of aryl methyl sites for hydroxylation is 2. The molecule has 0 heterocycles. The molecule has 0 spiro atoms. The molecule has 5 heteroatoms. The number of sulfonamides is 1. The van der Waals surface area contributed by atoms with Crippen molar-refractivity contribution in [3.05, 3.63) is 65.2 Å². The van der Waals surface area contributed by atoms with E-state index in [4.69, 9.17) is 0 Å². The van der Waals surface area contributed by atoms with Gasteiger partial charge < -0.3 is 4.90 Å². The van der Waals surface area contributed by atoms with Gasteiger partial charge in [0.2, 0.25) is 10.0 Å². The maximum absolute atomic E-state index is 12.4. The van der Waals surface area contributed by atoms with Gasteiger partial charge in [-0.2, -0.15) is 0 Å². The van der Waals surface area contributed by atoms with Crippen LogP contribution >= 0.6 is 0 Å². The van der Waals surface area contributed by atoms with E-state index in [1.54, 1.807) is 24.3 Å². The highest BCUT2D eigenvalue weighted by Gasteiger charge is 2.19. The van der Waals surface area contributed by atoms with Crippen molar-refractivity contribution < 1.29 is 8.42 Å². The molecule has 23 heavy (non-hydrogen) atoms. The zero-order valence-corrected chi connectivity index (χ0v) is 14.9. The Morgan fingerprint density at radius 2 is 1.39 bits per heavy atom. The van der Waals surface area contributed by atoms with Gasteiger partial charge in [0.1, 0.15) is 0 Å². The average molecular weight is 332 g/mol. The average Bonchev–Trinajstić information content (AvgIpc) is 2.49. The Bertz CT molecular complexity index is 736. The molecule has 0 saturated heterocycles. The van der Waals surface area contributed by atoms with Crippen molar-refractivity contribution in [1.82, 2.24) is 9.62 Å².